The van der Waals surface area contributed by atoms with Crippen molar-refractivity contribution in [3.8, 4) is 10.4 Å². The number of hydrogen-bond donors (Lipinski definition) is 0. The quantitative estimate of drug-likeness (QED) is 0.644. The number of thiophene rings is 1. The van der Waals surface area contributed by atoms with Crippen molar-refractivity contribution in [1.82, 2.24) is 0 Å². The predicted molar refractivity (Wildman–Crippen MR) is 71.4 cm³/mol. The molecule has 0 radical (unpaired) electrons. The van der Waals surface area contributed by atoms with E-state index in [1.165, 1.54) is 10.4 Å². The van der Waals surface area contributed by atoms with E-state index >= 15 is 0 Å². The molecule has 1 nitrogen and oxygen atoms in total. The maximum absolute atomic E-state index is 6.10. The third-order valence-electron chi connectivity index (χ3n) is 2.53. The molecule has 1 aliphatic rings. The van der Waals surface area contributed by atoms with Gasteiger partial charge in [0.2, 0.25) is 0 Å². The van der Waals surface area contributed by atoms with Gasteiger partial charge in [-0.3, -0.25) is 0 Å². The second kappa shape index (κ2) is 3.88. The number of fused-ring (bicyclic) bond motifs is 3. The van der Waals surface area contributed by atoms with Gasteiger partial charge in [0.15, 0.2) is 0 Å². The van der Waals surface area contributed by atoms with Crippen molar-refractivity contribution in [2.45, 2.75) is 6.42 Å². The molecule has 0 fully saturated rings. The fraction of sp³-hybridized carbons (Fsp3) is 0.0833. The lowest BCUT2D eigenvalue weighted by Crippen LogP contribution is -1.90. The average molecular weight is 268 g/mol. The molecule has 16 heavy (non-hydrogen) atoms. The van der Waals surface area contributed by atoms with Gasteiger partial charge < -0.3 is 0 Å². The first-order valence-electron chi connectivity index (χ1n) is 4.83. The molecular weight excluding hydrogens is 261 g/mol. The highest BCUT2D eigenvalue weighted by atomic mass is 35.5. The standard InChI is InChI=1S/C12H7Cl2NS/c13-8-1-2-9-10(6-8)15-11(14)5-7-3-4-16-12(7)9/h1-4,6H,5H2. The van der Waals surface area contributed by atoms with Crippen molar-refractivity contribution in [1.29, 1.82) is 0 Å². The summed E-state index contributed by atoms with van der Waals surface area (Å²) in [6.07, 6.45) is 0.701. The molecule has 1 aromatic carbocycles. The van der Waals surface area contributed by atoms with Gasteiger partial charge in [-0.1, -0.05) is 23.2 Å². The zero-order chi connectivity index (χ0) is 11.1. The van der Waals surface area contributed by atoms with Crippen LogP contribution in [-0.2, 0) is 6.42 Å². The van der Waals surface area contributed by atoms with Gasteiger partial charge in [0.25, 0.3) is 0 Å². The highest BCUT2D eigenvalue weighted by molar-refractivity contribution is 7.13. The van der Waals surface area contributed by atoms with Crippen molar-refractivity contribution >= 4 is 45.4 Å². The molecule has 0 atom stereocenters. The van der Waals surface area contributed by atoms with E-state index in [2.05, 4.69) is 16.4 Å². The molecule has 1 aliphatic heterocycles. The lowest BCUT2D eigenvalue weighted by Gasteiger charge is -2.03. The Labute approximate surface area is 107 Å². The predicted octanol–water partition coefficient (Wildman–Crippen LogP) is 4.89. The van der Waals surface area contributed by atoms with Crippen LogP contribution in [0.25, 0.3) is 10.4 Å². The Hall–Kier alpha value is -0.830. The molecule has 0 amide bonds. The van der Waals surface area contributed by atoms with Crippen molar-refractivity contribution in [3.63, 3.8) is 0 Å². The first-order valence-corrected chi connectivity index (χ1v) is 6.47. The zero-order valence-electron chi connectivity index (χ0n) is 8.21. The van der Waals surface area contributed by atoms with Crippen LogP contribution < -0.4 is 0 Å². The summed E-state index contributed by atoms with van der Waals surface area (Å²) in [5, 5.41) is 3.38. The van der Waals surface area contributed by atoms with E-state index in [0.29, 0.717) is 16.6 Å². The Balaban J connectivity index is 2.32. The molecule has 0 unspecified atom stereocenters. The van der Waals surface area contributed by atoms with Gasteiger partial charge in [-0.25, -0.2) is 4.99 Å². The van der Waals surface area contributed by atoms with Crippen LogP contribution in [0.4, 0.5) is 5.69 Å². The normalized spacial score (nSPS) is 13.8. The minimum Gasteiger partial charge on any atom is -0.240 e. The molecule has 4 heteroatoms. The molecule has 0 saturated carbocycles. The largest absolute Gasteiger partial charge is 0.240 e. The van der Waals surface area contributed by atoms with E-state index in [1.54, 1.807) is 11.3 Å². The Morgan fingerprint density at radius 2 is 2.06 bits per heavy atom. The van der Waals surface area contributed by atoms with Crippen LogP contribution in [-0.4, -0.2) is 5.17 Å². The monoisotopic (exact) mass is 267 g/mol. The Morgan fingerprint density at radius 3 is 2.94 bits per heavy atom. The third-order valence-corrected chi connectivity index (χ3v) is 3.97. The van der Waals surface area contributed by atoms with Crippen LogP contribution in [0.15, 0.2) is 34.6 Å². The number of benzene rings is 1. The van der Waals surface area contributed by atoms with Crippen LogP contribution in [0.3, 0.4) is 0 Å². The summed E-state index contributed by atoms with van der Waals surface area (Å²) in [6.45, 7) is 0. The lowest BCUT2D eigenvalue weighted by molar-refractivity contribution is 1.40. The number of nitrogens with zero attached hydrogens (tertiary/aromatic N) is 1. The molecule has 80 valence electrons. The molecule has 2 aromatic rings. The third kappa shape index (κ3) is 1.67. The second-order valence-corrected chi connectivity index (χ2v) is 5.39. The van der Waals surface area contributed by atoms with Crippen LogP contribution in [0, 0.1) is 0 Å². The molecule has 0 aliphatic carbocycles. The SMILES string of the molecule is ClC1=Nc2cc(Cl)ccc2-c2sccc2C1. The molecule has 0 N–H and O–H groups in total. The number of hydrogen-bond acceptors (Lipinski definition) is 2. The van der Waals surface area contributed by atoms with Crippen molar-refractivity contribution in [2.75, 3.05) is 0 Å². The summed E-state index contributed by atoms with van der Waals surface area (Å²) in [4.78, 5) is 5.63. The number of aliphatic imine (C=N–C) groups is 1. The minimum atomic E-state index is 0.612. The molecule has 2 heterocycles. The number of rotatable bonds is 0. The van der Waals surface area contributed by atoms with Gasteiger partial charge in [-0.05, 0) is 35.2 Å². The Bertz CT molecular complexity index is 586. The Morgan fingerprint density at radius 1 is 1.19 bits per heavy atom. The van der Waals surface area contributed by atoms with Gasteiger partial charge in [0, 0.05) is 21.9 Å². The molecule has 1 aromatic heterocycles. The lowest BCUT2D eigenvalue weighted by atomic mass is 10.1. The van der Waals surface area contributed by atoms with E-state index in [0.717, 1.165) is 11.3 Å². The first-order chi connectivity index (χ1) is 7.74. The summed E-state index contributed by atoms with van der Waals surface area (Å²) in [5.74, 6) is 0. The van der Waals surface area contributed by atoms with E-state index < -0.39 is 0 Å². The summed E-state index contributed by atoms with van der Waals surface area (Å²) in [7, 11) is 0. The maximum Gasteiger partial charge on any atom is 0.111 e. The Kier molecular flexibility index (Phi) is 2.51. The van der Waals surface area contributed by atoms with Gasteiger partial charge in [0.05, 0.1) is 5.69 Å². The smallest absolute Gasteiger partial charge is 0.111 e. The van der Waals surface area contributed by atoms with Gasteiger partial charge in [-0.15, -0.1) is 11.3 Å². The molecule has 0 bridgehead atoms. The summed E-state index contributed by atoms with van der Waals surface area (Å²) >= 11 is 13.8. The van der Waals surface area contributed by atoms with E-state index in [-0.39, 0.29) is 0 Å². The topological polar surface area (TPSA) is 12.4 Å². The highest BCUT2D eigenvalue weighted by Crippen LogP contribution is 2.40. The zero-order valence-corrected chi connectivity index (χ0v) is 10.5. The first kappa shape index (κ1) is 10.3. The van der Waals surface area contributed by atoms with E-state index in [4.69, 9.17) is 23.2 Å². The highest BCUT2D eigenvalue weighted by Gasteiger charge is 2.16. The summed E-state index contributed by atoms with van der Waals surface area (Å²) in [5.41, 5.74) is 3.21. The van der Waals surface area contributed by atoms with E-state index in [1.807, 2.05) is 18.2 Å². The molecule has 0 saturated heterocycles. The maximum atomic E-state index is 6.10. The minimum absolute atomic E-state index is 0.612. The second-order valence-electron chi connectivity index (χ2n) is 3.60. The van der Waals surface area contributed by atoms with Gasteiger partial charge in [0.1, 0.15) is 5.17 Å². The van der Waals surface area contributed by atoms with E-state index in [9.17, 15) is 0 Å². The summed E-state index contributed by atoms with van der Waals surface area (Å²) < 4.78 is 0. The fourth-order valence-electron chi connectivity index (χ4n) is 1.83. The van der Waals surface area contributed by atoms with Crippen LogP contribution in [0.2, 0.25) is 5.02 Å². The fourth-order valence-corrected chi connectivity index (χ4v) is 3.19. The summed E-state index contributed by atoms with van der Waals surface area (Å²) in [6, 6.07) is 7.85. The van der Waals surface area contributed by atoms with Crippen LogP contribution in [0.1, 0.15) is 5.56 Å². The van der Waals surface area contributed by atoms with Crippen molar-refractivity contribution in [3.05, 3.63) is 40.2 Å². The molecule has 0 spiro atoms. The number of halogens is 2. The molecular formula is C12H7Cl2NS. The van der Waals surface area contributed by atoms with Gasteiger partial charge >= 0.3 is 0 Å². The van der Waals surface area contributed by atoms with Crippen molar-refractivity contribution < 1.29 is 0 Å². The van der Waals surface area contributed by atoms with Crippen molar-refractivity contribution in [2.24, 2.45) is 4.99 Å². The van der Waals surface area contributed by atoms with Crippen LogP contribution >= 0.6 is 34.5 Å². The average Bonchev–Trinajstić information content (AvgIpc) is 2.61. The van der Waals surface area contributed by atoms with Gasteiger partial charge in [-0.2, -0.15) is 0 Å². The molecule has 3 rings (SSSR count). The van der Waals surface area contributed by atoms with Crippen LogP contribution in [0.5, 0.6) is 0 Å².